The molecule has 0 saturated heterocycles. The molecule has 4 rings (SSSR count). The minimum absolute atomic E-state index is 0.00472. The number of anilines is 1. The van der Waals surface area contributed by atoms with E-state index in [1.54, 1.807) is 6.07 Å². The summed E-state index contributed by atoms with van der Waals surface area (Å²) in [5.41, 5.74) is 2.22. The number of benzene rings is 1. The zero-order chi connectivity index (χ0) is 19.7. The first-order chi connectivity index (χ1) is 13.5. The van der Waals surface area contributed by atoms with Gasteiger partial charge in [0.1, 0.15) is 9.92 Å². The summed E-state index contributed by atoms with van der Waals surface area (Å²) in [5.74, 6) is 0.0420. The molecule has 0 saturated carbocycles. The van der Waals surface area contributed by atoms with E-state index in [9.17, 15) is 13.6 Å². The fourth-order valence-electron chi connectivity index (χ4n) is 2.49. The topological polar surface area (TPSA) is 80.9 Å². The fraction of sp³-hybridized carbons (Fsp3) is 0.176. The highest BCUT2D eigenvalue weighted by atomic mass is 32.2. The van der Waals surface area contributed by atoms with Gasteiger partial charge in [-0.15, -0.1) is 21.5 Å². The van der Waals surface area contributed by atoms with Gasteiger partial charge < -0.3 is 4.42 Å². The zero-order valence-corrected chi connectivity index (χ0v) is 16.8. The van der Waals surface area contributed by atoms with Crippen LogP contribution in [0.5, 0.6) is 0 Å². The maximum absolute atomic E-state index is 12.7. The Labute approximate surface area is 170 Å². The summed E-state index contributed by atoms with van der Waals surface area (Å²) in [6.45, 7) is 1.92. The van der Waals surface area contributed by atoms with Gasteiger partial charge in [-0.2, -0.15) is 0 Å². The molecular formula is C17H12F2N4O2S3. The van der Waals surface area contributed by atoms with Crippen LogP contribution in [0.2, 0.25) is 0 Å². The lowest BCUT2D eigenvalue weighted by atomic mass is 10.1. The van der Waals surface area contributed by atoms with E-state index in [-0.39, 0.29) is 10.9 Å². The van der Waals surface area contributed by atoms with Crippen molar-refractivity contribution in [3.63, 3.8) is 0 Å². The number of nitrogens with zero attached hydrogens (tertiary/aromatic N) is 3. The second-order valence-corrected chi connectivity index (χ2v) is 8.74. The minimum atomic E-state index is -2.73. The highest BCUT2D eigenvalue weighted by Crippen LogP contribution is 2.34. The number of fused-ring (bicyclic) bond motifs is 1. The van der Waals surface area contributed by atoms with E-state index >= 15 is 0 Å². The molecule has 11 heteroatoms. The van der Waals surface area contributed by atoms with Gasteiger partial charge in [0.15, 0.2) is 10.8 Å². The molecule has 3 aromatic heterocycles. The molecule has 0 aliphatic carbocycles. The van der Waals surface area contributed by atoms with Gasteiger partial charge in [0.25, 0.3) is 12.3 Å². The Balaban J connectivity index is 1.62. The van der Waals surface area contributed by atoms with E-state index < -0.39 is 17.3 Å². The van der Waals surface area contributed by atoms with E-state index in [0.29, 0.717) is 28.2 Å². The molecule has 144 valence electrons. The fourth-order valence-corrected chi connectivity index (χ4v) is 4.96. The van der Waals surface area contributed by atoms with Crippen molar-refractivity contribution >= 4 is 56.4 Å². The number of hydrogen-bond acceptors (Lipinski definition) is 8. The highest BCUT2D eigenvalue weighted by molar-refractivity contribution is 8.00. The Morgan fingerprint density at radius 2 is 2.14 bits per heavy atom. The molecule has 0 aliphatic rings. The van der Waals surface area contributed by atoms with Gasteiger partial charge in [0.05, 0.1) is 0 Å². The molecule has 1 aromatic carbocycles. The summed E-state index contributed by atoms with van der Waals surface area (Å²) in [6, 6.07) is 7.32. The van der Waals surface area contributed by atoms with Crippen LogP contribution < -0.4 is 5.32 Å². The van der Waals surface area contributed by atoms with E-state index in [1.807, 2.05) is 30.5 Å². The van der Waals surface area contributed by atoms with Crippen molar-refractivity contribution in [1.82, 2.24) is 15.2 Å². The normalized spacial score (nSPS) is 11.4. The number of thioether (sulfide) groups is 1. The summed E-state index contributed by atoms with van der Waals surface area (Å²) in [7, 11) is 0. The first-order valence-electron chi connectivity index (χ1n) is 7.99. The average molecular weight is 439 g/mol. The monoisotopic (exact) mass is 438 g/mol. The smallest absolute Gasteiger partial charge is 0.293 e. The molecule has 4 aromatic rings. The van der Waals surface area contributed by atoms with E-state index in [4.69, 9.17) is 4.42 Å². The molecule has 3 heterocycles. The maximum atomic E-state index is 12.7. The number of thiazole rings is 1. The number of amides is 1. The van der Waals surface area contributed by atoms with Crippen molar-refractivity contribution < 1.29 is 18.0 Å². The summed E-state index contributed by atoms with van der Waals surface area (Å²) in [5, 5.41) is 11.8. The lowest BCUT2D eigenvalue weighted by Gasteiger charge is -2.02. The van der Waals surface area contributed by atoms with Crippen molar-refractivity contribution in [3.8, 4) is 0 Å². The summed E-state index contributed by atoms with van der Waals surface area (Å²) >= 11 is 3.67. The standard InChI is InChI=1S/C17H12F2N4O2S3/c1-8-6-26-17(20-8)27-7-10-9-4-2-3-5-11(9)25-12(10)14(24)21-16-23-22-15(28-16)13(18)19/h2-6,13H,7H2,1H3,(H,21,23,24). The minimum Gasteiger partial charge on any atom is -0.451 e. The number of nitrogens with one attached hydrogen (secondary N) is 1. The number of carbonyl (C=O) groups excluding carboxylic acids is 1. The Morgan fingerprint density at radius 1 is 1.32 bits per heavy atom. The predicted molar refractivity (Wildman–Crippen MR) is 105 cm³/mol. The molecule has 0 aliphatic heterocycles. The SMILES string of the molecule is Cc1csc(SCc2c(C(=O)Nc3nnc(C(F)F)s3)oc3ccccc23)n1. The molecule has 28 heavy (non-hydrogen) atoms. The Kier molecular flexibility index (Phi) is 5.38. The number of para-hydroxylation sites is 1. The molecule has 6 nitrogen and oxygen atoms in total. The largest absolute Gasteiger partial charge is 0.451 e. The van der Waals surface area contributed by atoms with Crippen molar-refractivity contribution in [2.24, 2.45) is 0 Å². The van der Waals surface area contributed by atoms with Crippen LogP contribution in [0.4, 0.5) is 13.9 Å². The van der Waals surface area contributed by atoms with Gasteiger partial charge in [-0.1, -0.05) is 41.3 Å². The van der Waals surface area contributed by atoms with Crippen molar-refractivity contribution in [2.45, 2.75) is 23.4 Å². The van der Waals surface area contributed by atoms with Crippen LogP contribution in [0.1, 0.15) is 33.2 Å². The molecule has 0 atom stereocenters. The van der Waals surface area contributed by atoms with Gasteiger partial charge in [-0.05, 0) is 13.0 Å². The number of furan rings is 1. The lowest BCUT2D eigenvalue weighted by Crippen LogP contribution is -2.12. The van der Waals surface area contributed by atoms with Crippen molar-refractivity contribution in [2.75, 3.05) is 5.32 Å². The van der Waals surface area contributed by atoms with Crippen LogP contribution in [0.3, 0.4) is 0 Å². The van der Waals surface area contributed by atoms with Gasteiger partial charge in [-0.25, -0.2) is 13.8 Å². The zero-order valence-electron chi connectivity index (χ0n) is 14.3. The van der Waals surface area contributed by atoms with Gasteiger partial charge in [-0.3, -0.25) is 10.1 Å². The Hall–Kier alpha value is -2.37. The second kappa shape index (κ2) is 7.94. The van der Waals surface area contributed by atoms with Crippen molar-refractivity contribution in [3.05, 3.63) is 51.7 Å². The van der Waals surface area contributed by atoms with Crippen LogP contribution in [0, 0.1) is 6.92 Å². The van der Waals surface area contributed by atoms with E-state index in [2.05, 4.69) is 20.5 Å². The quantitative estimate of drug-likeness (QED) is 0.399. The van der Waals surface area contributed by atoms with Gasteiger partial charge in [0.2, 0.25) is 5.13 Å². The Bertz CT molecular complexity index is 1140. The number of carbonyl (C=O) groups is 1. The van der Waals surface area contributed by atoms with E-state index in [1.165, 1.54) is 23.1 Å². The van der Waals surface area contributed by atoms with Crippen LogP contribution in [0.15, 0.2) is 38.4 Å². The number of halogens is 2. The number of alkyl halides is 2. The molecule has 0 radical (unpaired) electrons. The maximum Gasteiger partial charge on any atom is 0.293 e. The number of aromatic nitrogens is 3. The molecule has 0 spiro atoms. The summed E-state index contributed by atoms with van der Waals surface area (Å²) in [4.78, 5) is 17.1. The number of rotatable bonds is 6. The summed E-state index contributed by atoms with van der Waals surface area (Å²) in [6.07, 6.45) is -2.73. The van der Waals surface area contributed by atoms with Crippen molar-refractivity contribution in [1.29, 1.82) is 0 Å². The van der Waals surface area contributed by atoms with Crippen LogP contribution in [-0.4, -0.2) is 21.1 Å². The van der Waals surface area contributed by atoms with E-state index in [0.717, 1.165) is 15.4 Å². The van der Waals surface area contributed by atoms with Gasteiger partial charge >= 0.3 is 0 Å². The molecule has 0 bridgehead atoms. The number of aryl methyl sites for hydroxylation is 1. The van der Waals surface area contributed by atoms with Crippen LogP contribution in [-0.2, 0) is 5.75 Å². The van der Waals surface area contributed by atoms with Crippen LogP contribution >= 0.6 is 34.4 Å². The summed E-state index contributed by atoms with van der Waals surface area (Å²) < 4.78 is 32.0. The first kappa shape index (κ1) is 19.0. The molecule has 1 N–H and O–H groups in total. The molecule has 1 amide bonds. The average Bonchev–Trinajstić information content (AvgIpc) is 3.38. The third-order valence-corrected chi connectivity index (χ3v) is 6.70. The predicted octanol–water partition coefficient (Wildman–Crippen LogP) is 5.53. The second-order valence-electron chi connectivity index (χ2n) is 5.65. The highest BCUT2D eigenvalue weighted by Gasteiger charge is 2.23. The van der Waals surface area contributed by atoms with Gasteiger partial charge in [0, 0.05) is 27.8 Å². The number of hydrogen-bond donors (Lipinski definition) is 1. The molecular weight excluding hydrogens is 426 g/mol. The molecule has 0 fully saturated rings. The lowest BCUT2D eigenvalue weighted by molar-refractivity contribution is 0.0997. The van der Waals surface area contributed by atoms with Crippen LogP contribution in [0.25, 0.3) is 11.0 Å². The third-order valence-electron chi connectivity index (χ3n) is 3.69. The first-order valence-corrected chi connectivity index (χ1v) is 10.7. The molecule has 0 unspecified atom stereocenters. The third kappa shape index (κ3) is 3.91. The Morgan fingerprint density at radius 3 is 2.86 bits per heavy atom.